The summed E-state index contributed by atoms with van der Waals surface area (Å²) in [7, 11) is 1.84. The lowest BCUT2D eigenvalue weighted by Crippen LogP contribution is -2.48. The molecular weight excluding hydrogens is 344 g/mol. The summed E-state index contributed by atoms with van der Waals surface area (Å²) in [5.41, 5.74) is 0.131. The molecular formula is C20H24N4O3. The zero-order valence-corrected chi connectivity index (χ0v) is 15.6. The quantitative estimate of drug-likeness (QED) is 0.817. The Bertz CT molecular complexity index is 954. The van der Waals surface area contributed by atoms with Crippen LogP contribution in [0.1, 0.15) is 25.7 Å². The molecule has 0 N–H and O–H groups in total. The minimum absolute atomic E-state index is 0.00652. The number of para-hydroxylation sites is 1. The molecule has 2 saturated heterocycles. The average Bonchev–Trinajstić information content (AvgIpc) is 3.11. The van der Waals surface area contributed by atoms with Crippen LogP contribution in [0.15, 0.2) is 35.4 Å². The number of carbonyl (C=O) groups excluding carboxylic acids is 2. The molecule has 27 heavy (non-hydrogen) atoms. The molecule has 0 saturated carbocycles. The van der Waals surface area contributed by atoms with E-state index in [9.17, 15) is 14.4 Å². The van der Waals surface area contributed by atoms with Crippen molar-refractivity contribution in [3.05, 3.63) is 40.9 Å². The van der Waals surface area contributed by atoms with Gasteiger partial charge in [-0.15, -0.1) is 0 Å². The Kier molecular flexibility index (Phi) is 4.45. The molecule has 2 aliphatic rings. The maximum atomic E-state index is 12.7. The van der Waals surface area contributed by atoms with E-state index in [1.807, 2.05) is 19.2 Å². The van der Waals surface area contributed by atoms with Crippen molar-refractivity contribution in [2.24, 2.45) is 5.41 Å². The molecule has 0 bridgehead atoms. The average molecular weight is 368 g/mol. The van der Waals surface area contributed by atoms with Crippen LogP contribution < -0.4 is 5.56 Å². The summed E-state index contributed by atoms with van der Waals surface area (Å²) >= 11 is 0. The first-order valence-corrected chi connectivity index (χ1v) is 9.48. The second-order valence-electron chi connectivity index (χ2n) is 7.69. The van der Waals surface area contributed by atoms with Crippen molar-refractivity contribution >= 4 is 22.7 Å². The molecule has 1 aromatic carbocycles. The second kappa shape index (κ2) is 6.79. The molecule has 2 aliphatic heterocycles. The molecule has 142 valence electrons. The smallest absolute Gasteiger partial charge is 0.261 e. The summed E-state index contributed by atoms with van der Waals surface area (Å²) in [6.07, 6.45) is 4.32. The van der Waals surface area contributed by atoms with Gasteiger partial charge in [-0.25, -0.2) is 4.98 Å². The van der Waals surface area contributed by atoms with Gasteiger partial charge < -0.3 is 9.80 Å². The number of piperidine rings is 1. The van der Waals surface area contributed by atoms with Gasteiger partial charge in [0.25, 0.3) is 5.56 Å². The van der Waals surface area contributed by atoms with Crippen LogP contribution >= 0.6 is 0 Å². The predicted octanol–water partition coefficient (Wildman–Crippen LogP) is 1.26. The number of benzene rings is 1. The third-order valence-corrected chi connectivity index (χ3v) is 5.95. The number of carbonyl (C=O) groups is 2. The van der Waals surface area contributed by atoms with E-state index in [1.165, 1.54) is 10.9 Å². The minimum Gasteiger partial charge on any atom is -0.345 e. The summed E-state index contributed by atoms with van der Waals surface area (Å²) in [4.78, 5) is 45.7. The van der Waals surface area contributed by atoms with Crippen molar-refractivity contribution in [3.63, 3.8) is 0 Å². The first-order chi connectivity index (χ1) is 13.0. The first-order valence-electron chi connectivity index (χ1n) is 9.48. The molecule has 1 atom stereocenters. The lowest BCUT2D eigenvalue weighted by molar-refractivity contribution is -0.144. The van der Waals surface area contributed by atoms with Crippen molar-refractivity contribution in [2.75, 3.05) is 26.7 Å². The number of rotatable bonds is 3. The standard InChI is InChI=1S/C20H24N4O3/c1-22-10-4-8-20(19(22)27)9-12-23(13-20)17(25)7-11-24-14-21-16-6-3-2-5-15(16)18(24)26/h2-3,5-6,14H,4,7-13H2,1H3. The number of aryl methyl sites for hydroxylation is 1. The van der Waals surface area contributed by atoms with Crippen molar-refractivity contribution < 1.29 is 9.59 Å². The highest BCUT2D eigenvalue weighted by molar-refractivity contribution is 5.86. The third-order valence-electron chi connectivity index (χ3n) is 5.95. The van der Waals surface area contributed by atoms with Gasteiger partial charge in [-0.2, -0.15) is 0 Å². The Morgan fingerprint density at radius 2 is 2.00 bits per heavy atom. The zero-order chi connectivity index (χ0) is 19.0. The van der Waals surface area contributed by atoms with Gasteiger partial charge in [0.05, 0.1) is 22.6 Å². The fraction of sp³-hybridized carbons (Fsp3) is 0.500. The Labute approximate surface area is 157 Å². The van der Waals surface area contributed by atoms with Crippen LogP contribution in [-0.2, 0) is 16.1 Å². The maximum Gasteiger partial charge on any atom is 0.261 e. The molecule has 1 unspecified atom stereocenters. The van der Waals surface area contributed by atoms with E-state index in [2.05, 4.69) is 4.98 Å². The monoisotopic (exact) mass is 368 g/mol. The van der Waals surface area contributed by atoms with Gasteiger partial charge in [0.2, 0.25) is 11.8 Å². The molecule has 1 spiro atoms. The van der Waals surface area contributed by atoms with Crippen LogP contribution in [0.4, 0.5) is 0 Å². The van der Waals surface area contributed by atoms with Crippen LogP contribution in [-0.4, -0.2) is 57.8 Å². The SMILES string of the molecule is CN1CCCC2(CCN(C(=O)CCn3cnc4ccccc4c3=O)C2)C1=O. The predicted molar refractivity (Wildman–Crippen MR) is 101 cm³/mol. The Balaban J connectivity index is 1.43. The van der Waals surface area contributed by atoms with E-state index in [0.29, 0.717) is 30.5 Å². The second-order valence-corrected chi connectivity index (χ2v) is 7.69. The van der Waals surface area contributed by atoms with Gasteiger partial charge in [-0.1, -0.05) is 12.1 Å². The molecule has 7 heteroatoms. The molecule has 3 heterocycles. The first kappa shape index (κ1) is 17.7. The molecule has 1 aromatic heterocycles. The van der Waals surface area contributed by atoms with E-state index >= 15 is 0 Å². The zero-order valence-electron chi connectivity index (χ0n) is 15.6. The Morgan fingerprint density at radius 1 is 1.19 bits per heavy atom. The van der Waals surface area contributed by atoms with Crippen molar-refractivity contribution in [2.45, 2.75) is 32.2 Å². The number of hydrogen-bond acceptors (Lipinski definition) is 4. The van der Waals surface area contributed by atoms with Crippen LogP contribution in [0.25, 0.3) is 10.9 Å². The highest BCUT2D eigenvalue weighted by Gasteiger charge is 2.48. The molecule has 2 amide bonds. The van der Waals surface area contributed by atoms with Crippen molar-refractivity contribution in [3.8, 4) is 0 Å². The lowest BCUT2D eigenvalue weighted by Gasteiger charge is -2.37. The van der Waals surface area contributed by atoms with E-state index in [4.69, 9.17) is 0 Å². The molecule has 2 aromatic rings. The summed E-state index contributed by atoms with van der Waals surface area (Å²) in [6, 6.07) is 7.20. The van der Waals surface area contributed by atoms with Crippen LogP contribution in [0.5, 0.6) is 0 Å². The van der Waals surface area contributed by atoms with E-state index in [0.717, 1.165) is 25.8 Å². The Morgan fingerprint density at radius 3 is 2.85 bits per heavy atom. The number of nitrogens with zero attached hydrogens (tertiary/aromatic N) is 4. The van der Waals surface area contributed by atoms with Crippen LogP contribution in [0.3, 0.4) is 0 Å². The third kappa shape index (κ3) is 3.11. The molecule has 0 aliphatic carbocycles. The molecule has 4 rings (SSSR count). The van der Waals surface area contributed by atoms with Crippen molar-refractivity contribution in [1.82, 2.24) is 19.4 Å². The molecule has 2 fully saturated rings. The normalized spacial score (nSPS) is 22.8. The Hall–Kier alpha value is -2.70. The van der Waals surface area contributed by atoms with Gasteiger partial charge >= 0.3 is 0 Å². The number of fused-ring (bicyclic) bond motifs is 1. The van der Waals surface area contributed by atoms with E-state index in [-0.39, 0.29) is 23.8 Å². The number of hydrogen-bond donors (Lipinski definition) is 0. The lowest BCUT2D eigenvalue weighted by atomic mass is 9.78. The summed E-state index contributed by atoms with van der Waals surface area (Å²) < 4.78 is 1.49. The number of amides is 2. The highest BCUT2D eigenvalue weighted by Crippen LogP contribution is 2.39. The highest BCUT2D eigenvalue weighted by atomic mass is 16.2. The fourth-order valence-corrected chi connectivity index (χ4v) is 4.37. The minimum atomic E-state index is -0.399. The van der Waals surface area contributed by atoms with Gasteiger partial charge in [-0.05, 0) is 31.4 Å². The van der Waals surface area contributed by atoms with Crippen LogP contribution in [0, 0.1) is 5.41 Å². The van der Waals surface area contributed by atoms with Gasteiger partial charge in [-0.3, -0.25) is 19.0 Å². The number of likely N-dealkylation sites (tertiary alicyclic amines) is 2. The largest absolute Gasteiger partial charge is 0.345 e. The summed E-state index contributed by atoms with van der Waals surface area (Å²) in [5.74, 6) is 0.159. The molecule has 0 radical (unpaired) electrons. The number of aromatic nitrogens is 2. The summed E-state index contributed by atoms with van der Waals surface area (Å²) in [5, 5.41) is 0.559. The van der Waals surface area contributed by atoms with Gasteiger partial charge in [0, 0.05) is 39.6 Å². The molecule has 7 nitrogen and oxygen atoms in total. The van der Waals surface area contributed by atoms with E-state index in [1.54, 1.807) is 21.9 Å². The van der Waals surface area contributed by atoms with Gasteiger partial charge in [0.1, 0.15) is 0 Å². The van der Waals surface area contributed by atoms with Gasteiger partial charge in [0.15, 0.2) is 0 Å². The summed E-state index contributed by atoms with van der Waals surface area (Å²) in [6.45, 7) is 2.21. The van der Waals surface area contributed by atoms with Crippen LogP contribution in [0.2, 0.25) is 0 Å². The topological polar surface area (TPSA) is 75.5 Å². The maximum absolute atomic E-state index is 12.7. The van der Waals surface area contributed by atoms with Crippen molar-refractivity contribution in [1.29, 1.82) is 0 Å². The van der Waals surface area contributed by atoms with E-state index < -0.39 is 5.41 Å². The fourth-order valence-electron chi connectivity index (χ4n) is 4.37.